The second kappa shape index (κ2) is 4.90. The summed E-state index contributed by atoms with van der Waals surface area (Å²) in [6, 6.07) is 17.6. The zero-order chi connectivity index (χ0) is 10.7. The second-order valence-electron chi connectivity index (χ2n) is 3.68. The van der Waals surface area contributed by atoms with Crippen molar-refractivity contribution in [2.45, 2.75) is 13.8 Å². The van der Waals surface area contributed by atoms with Gasteiger partial charge >= 0.3 is 103 Å². The Balaban J connectivity index is 2.30. The first-order valence-corrected chi connectivity index (χ1v) is 8.58. The van der Waals surface area contributed by atoms with Crippen molar-refractivity contribution in [3.63, 3.8) is 0 Å². The molecule has 0 atom stereocenters. The quantitative estimate of drug-likeness (QED) is 0.687. The molecule has 2 rings (SSSR count). The minimum absolute atomic E-state index is 0.692. The molecule has 74 valence electrons. The van der Waals surface area contributed by atoms with Crippen molar-refractivity contribution in [1.82, 2.24) is 0 Å². The van der Waals surface area contributed by atoms with Gasteiger partial charge in [-0.25, -0.2) is 0 Å². The molecule has 2 aromatic carbocycles. The molecule has 0 spiro atoms. The SMILES string of the molecule is Cc1cccc[c]1[Bi+][c]1ccccc1C. The summed E-state index contributed by atoms with van der Waals surface area (Å²) >= 11 is -0.692. The molecule has 15 heavy (non-hydrogen) atoms. The molecule has 0 aromatic heterocycles. The van der Waals surface area contributed by atoms with Crippen LogP contribution in [0.4, 0.5) is 0 Å². The monoisotopic (exact) mass is 391 g/mol. The molecule has 2 aromatic rings. The Labute approximate surface area is 103 Å². The van der Waals surface area contributed by atoms with Gasteiger partial charge in [-0.1, -0.05) is 0 Å². The maximum absolute atomic E-state index is 2.29. The molecule has 0 unspecified atom stereocenters. The van der Waals surface area contributed by atoms with Crippen LogP contribution in [0.25, 0.3) is 0 Å². The molecular formula is C14H14Bi+. The molecular weight excluding hydrogens is 377 g/mol. The third kappa shape index (κ3) is 2.66. The molecule has 0 fully saturated rings. The van der Waals surface area contributed by atoms with Gasteiger partial charge in [0, 0.05) is 0 Å². The van der Waals surface area contributed by atoms with Crippen LogP contribution < -0.4 is 6.54 Å². The van der Waals surface area contributed by atoms with E-state index in [1.807, 2.05) is 0 Å². The average Bonchev–Trinajstić information content (AvgIpc) is 2.24. The molecule has 0 N–H and O–H groups in total. The zero-order valence-electron chi connectivity index (χ0n) is 9.07. The molecule has 0 aliphatic rings. The standard InChI is InChI=1S/2C7H7.Bi/c2*1-7-5-3-2-4-6-7;/h2*2-5H,1H3;/q;;+1. The van der Waals surface area contributed by atoms with Crippen LogP contribution in [0.15, 0.2) is 48.5 Å². The van der Waals surface area contributed by atoms with E-state index in [2.05, 4.69) is 62.4 Å². The van der Waals surface area contributed by atoms with Crippen molar-refractivity contribution in [2.24, 2.45) is 0 Å². The van der Waals surface area contributed by atoms with E-state index in [0.29, 0.717) is 0 Å². The van der Waals surface area contributed by atoms with E-state index < -0.39 is 23.2 Å². The van der Waals surface area contributed by atoms with Crippen LogP contribution in [0.1, 0.15) is 11.1 Å². The van der Waals surface area contributed by atoms with Crippen LogP contribution in [-0.4, -0.2) is 23.2 Å². The molecule has 0 saturated heterocycles. The van der Waals surface area contributed by atoms with Crippen LogP contribution >= 0.6 is 0 Å². The van der Waals surface area contributed by atoms with Gasteiger partial charge in [0.1, 0.15) is 0 Å². The molecule has 0 amide bonds. The van der Waals surface area contributed by atoms with Crippen molar-refractivity contribution < 1.29 is 0 Å². The maximum atomic E-state index is 2.29. The zero-order valence-corrected chi connectivity index (χ0v) is 12.5. The van der Waals surface area contributed by atoms with Gasteiger partial charge in [0.25, 0.3) is 0 Å². The van der Waals surface area contributed by atoms with E-state index in [4.69, 9.17) is 0 Å². The number of benzene rings is 2. The van der Waals surface area contributed by atoms with Crippen molar-refractivity contribution in [2.75, 3.05) is 0 Å². The Morgan fingerprint density at radius 2 is 1.07 bits per heavy atom. The predicted octanol–water partition coefficient (Wildman–Crippen LogP) is 1.96. The molecule has 0 heterocycles. The van der Waals surface area contributed by atoms with Crippen LogP contribution in [0, 0.1) is 13.8 Å². The molecule has 1 heteroatoms. The van der Waals surface area contributed by atoms with E-state index in [9.17, 15) is 0 Å². The normalized spacial score (nSPS) is 10.3. The second-order valence-corrected chi connectivity index (χ2v) is 8.30. The van der Waals surface area contributed by atoms with Crippen molar-refractivity contribution in [1.29, 1.82) is 0 Å². The van der Waals surface area contributed by atoms with Gasteiger partial charge in [-0.15, -0.1) is 0 Å². The van der Waals surface area contributed by atoms with Crippen molar-refractivity contribution in [3.05, 3.63) is 59.7 Å². The molecule has 0 saturated carbocycles. The summed E-state index contributed by atoms with van der Waals surface area (Å²) < 4.78 is 3.21. The third-order valence-electron chi connectivity index (χ3n) is 2.47. The molecule has 0 nitrogen and oxygen atoms in total. The van der Waals surface area contributed by atoms with Crippen LogP contribution in [-0.2, 0) is 0 Å². The van der Waals surface area contributed by atoms with E-state index in [1.54, 1.807) is 6.54 Å². The Morgan fingerprint density at radius 3 is 1.47 bits per heavy atom. The Hall–Kier alpha value is -0.677. The first-order chi connectivity index (χ1) is 7.27. The van der Waals surface area contributed by atoms with E-state index in [-0.39, 0.29) is 0 Å². The van der Waals surface area contributed by atoms with Crippen molar-refractivity contribution >= 4 is 29.8 Å². The van der Waals surface area contributed by atoms with Gasteiger partial charge in [0.2, 0.25) is 0 Å². The fourth-order valence-corrected chi connectivity index (χ4v) is 5.72. The Morgan fingerprint density at radius 1 is 0.667 bits per heavy atom. The summed E-state index contributed by atoms with van der Waals surface area (Å²) in [5, 5.41) is 0. The van der Waals surface area contributed by atoms with Crippen LogP contribution in [0.5, 0.6) is 0 Å². The van der Waals surface area contributed by atoms with Gasteiger partial charge in [-0.2, -0.15) is 0 Å². The van der Waals surface area contributed by atoms with Crippen LogP contribution in [0.3, 0.4) is 0 Å². The fraction of sp³-hybridized carbons (Fsp3) is 0.143. The number of hydrogen-bond acceptors (Lipinski definition) is 0. The summed E-state index contributed by atoms with van der Waals surface area (Å²) in [6.07, 6.45) is 0. The topological polar surface area (TPSA) is 0 Å². The Bertz CT molecular complexity index is 417. The van der Waals surface area contributed by atoms with E-state index in [1.165, 1.54) is 11.1 Å². The van der Waals surface area contributed by atoms with Gasteiger partial charge in [-0.05, 0) is 0 Å². The van der Waals surface area contributed by atoms with E-state index in [0.717, 1.165) is 0 Å². The van der Waals surface area contributed by atoms with Crippen LogP contribution in [0.2, 0.25) is 0 Å². The van der Waals surface area contributed by atoms with Crippen molar-refractivity contribution in [3.8, 4) is 0 Å². The first kappa shape index (κ1) is 10.8. The number of aryl methyl sites for hydroxylation is 2. The molecule has 0 aliphatic carbocycles. The van der Waals surface area contributed by atoms with Gasteiger partial charge in [0.15, 0.2) is 0 Å². The minimum atomic E-state index is -0.692. The van der Waals surface area contributed by atoms with Gasteiger partial charge < -0.3 is 0 Å². The molecule has 0 bridgehead atoms. The third-order valence-corrected chi connectivity index (χ3v) is 8.25. The predicted molar refractivity (Wildman–Crippen MR) is 67.4 cm³/mol. The van der Waals surface area contributed by atoms with Gasteiger partial charge in [-0.3, -0.25) is 0 Å². The molecule has 0 aliphatic heterocycles. The fourth-order valence-electron chi connectivity index (χ4n) is 1.51. The molecule has 2 radical (unpaired) electrons. The number of hydrogen-bond donors (Lipinski definition) is 0. The van der Waals surface area contributed by atoms with E-state index >= 15 is 0 Å². The number of rotatable bonds is 2. The summed E-state index contributed by atoms with van der Waals surface area (Å²) in [7, 11) is 0. The summed E-state index contributed by atoms with van der Waals surface area (Å²) in [6.45, 7) is 4.44. The Kier molecular flexibility index (Phi) is 3.54. The average molecular weight is 391 g/mol. The summed E-state index contributed by atoms with van der Waals surface area (Å²) in [5.41, 5.74) is 2.91. The van der Waals surface area contributed by atoms with Gasteiger partial charge in [0.05, 0.1) is 0 Å². The first-order valence-electron chi connectivity index (χ1n) is 5.10. The summed E-state index contributed by atoms with van der Waals surface area (Å²) in [4.78, 5) is 0. The summed E-state index contributed by atoms with van der Waals surface area (Å²) in [5.74, 6) is 0.